The van der Waals surface area contributed by atoms with Gasteiger partial charge < -0.3 is 5.73 Å². The second-order valence-electron chi connectivity index (χ2n) is 3.53. The van der Waals surface area contributed by atoms with Crippen LogP contribution in [0.15, 0.2) is 0 Å². The molecule has 4 nitrogen and oxygen atoms in total. The zero-order chi connectivity index (χ0) is 9.35. The number of sulfonamides is 1. The summed E-state index contributed by atoms with van der Waals surface area (Å²) in [6.45, 7) is 3.83. The summed E-state index contributed by atoms with van der Waals surface area (Å²) in [5.41, 5.74) is 5.27. The molecule has 1 rings (SSSR count). The monoisotopic (exact) mass is 192 g/mol. The van der Waals surface area contributed by atoms with Crippen molar-refractivity contribution >= 4 is 10.0 Å². The van der Waals surface area contributed by atoms with E-state index in [1.807, 2.05) is 6.92 Å². The molecule has 72 valence electrons. The normalized spacial score (nSPS) is 31.6. The first-order valence-corrected chi connectivity index (χ1v) is 5.73. The van der Waals surface area contributed by atoms with Gasteiger partial charge in [0.15, 0.2) is 0 Å². The molecule has 0 aromatic heterocycles. The second kappa shape index (κ2) is 3.32. The molecule has 3 atom stereocenters. The maximum absolute atomic E-state index is 11.4. The molecule has 3 unspecified atom stereocenters. The van der Waals surface area contributed by atoms with Crippen molar-refractivity contribution in [3.8, 4) is 0 Å². The summed E-state index contributed by atoms with van der Waals surface area (Å²) < 4.78 is 25.4. The van der Waals surface area contributed by atoms with Gasteiger partial charge in [-0.05, 0) is 19.3 Å². The molecule has 1 fully saturated rings. The highest BCUT2D eigenvalue weighted by atomic mass is 32.2. The predicted octanol–water partition coefficient (Wildman–Crippen LogP) is -0.339. The SMILES string of the molecule is CC1CC1NS(=O)(=O)C(C)CN. The van der Waals surface area contributed by atoms with Crippen LogP contribution in [0.4, 0.5) is 0 Å². The van der Waals surface area contributed by atoms with Gasteiger partial charge in [0.2, 0.25) is 10.0 Å². The fourth-order valence-electron chi connectivity index (χ4n) is 0.940. The van der Waals surface area contributed by atoms with E-state index in [0.717, 1.165) is 6.42 Å². The van der Waals surface area contributed by atoms with E-state index in [9.17, 15) is 8.42 Å². The van der Waals surface area contributed by atoms with Crippen LogP contribution < -0.4 is 10.5 Å². The number of nitrogens with two attached hydrogens (primary N) is 1. The van der Waals surface area contributed by atoms with Crippen LogP contribution in [0.2, 0.25) is 0 Å². The smallest absolute Gasteiger partial charge is 0.215 e. The van der Waals surface area contributed by atoms with Crippen LogP contribution in [0.25, 0.3) is 0 Å². The summed E-state index contributed by atoms with van der Waals surface area (Å²) in [4.78, 5) is 0. The highest BCUT2D eigenvalue weighted by Crippen LogP contribution is 2.29. The molecule has 0 heterocycles. The Morgan fingerprint density at radius 2 is 2.17 bits per heavy atom. The maximum Gasteiger partial charge on any atom is 0.215 e. The van der Waals surface area contributed by atoms with Crippen LogP contribution >= 0.6 is 0 Å². The largest absolute Gasteiger partial charge is 0.329 e. The fourth-order valence-corrected chi connectivity index (χ4v) is 2.18. The lowest BCUT2D eigenvalue weighted by atomic mass is 10.5. The number of hydrogen-bond donors (Lipinski definition) is 2. The first kappa shape index (κ1) is 9.95. The highest BCUT2D eigenvalue weighted by molar-refractivity contribution is 7.90. The molecule has 0 aliphatic heterocycles. The molecule has 1 aliphatic rings. The van der Waals surface area contributed by atoms with Crippen molar-refractivity contribution in [2.24, 2.45) is 11.7 Å². The van der Waals surface area contributed by atoms with Gasteiger partial charge in [-0.2, -0.15) is 0 Å². The molecule has 0 aromatic carbocycles. The molecule has 0 radical (unpaired) electrons. The minimum absolute atomic E-state index is 0.156. The summed E-state index contributed by atoms with van der Waals surface area (Å²) in [5.74, 6) is 0.491. The Bertz CT molecular complexity index is 250. The third-order valence-corrected chi connectivity index (χ3v) is 4.17. The zero-order valence-electron chi connectivity index (χ0n) is 7.45. The minimum atomic E-state index is -3.16. The lowest BCUT2D eigenvalue weighted by Gasteiger charge is -2.10. The van der Waals surface area contributed by atoms with Crippen LogP contribution in [0, 0.1) is 5.92 Å². The molecule has 12 heavy (non-hydrogen) atoms. The van der Waals surface area contributed by atoms with E-state index in [1.54, 1.807) is 6.92 Å². The zero-order valence-corrected chi connectivity index (χ0v) is 8.26. The van der Waals surface area contributed by atoms with Gasteiger partial charge in [-0.15, -0.1) is 0 Å². The summed E-state index contributed by atoms with van der Waals surface area (Å²) >= 11 is 0. The molecule has 0 bridgehead atoms. The number of hydrogen-bond acceptors (Lipinski definition) is 3. The quantitative estimate of drug-likeness (QED) is 0.640. The number of nitrogens with one attached hydrogen (secondary N) is 1. The lowest BCUT2D eigenvalue weighted by molar-refractivity contribution is 0.566. The Balaban J connectivity index is 2.49. The van der Waals surface area contributed by atoms with Crippen molar-refractivity contribution < 1.29 is 8.42 Å². The summed E-state index contributed by atoms with van der Waals surface area (Å²) in [5, 5.41) is -0.481. The Hall–Kier alpha value is -0.130. The van der Waals surface area contributed by atoms with E-state index in [2.05, 4.69) is 4.72 Å². The van der Waals surface area contributed by atoms with E-state index in [4.69, 9.17) is 5.73 Å². The molecule has 0 saturated heterocycles. The van der Waals surface area contributed by atoms with Crippen LogP contribution in [0.3, 0.4) is 0 Å². The Kier molecular flexibility index (Phi) is 2.75. The summed E-state index contributed by atoms with van der Waals surface area (Å²) in [6, 6.07) is 0.156. The Morgan fingerprint density at radius 1 is 1.67 bits per heavy atom. The molecular weight excluding hydrogens is 176 g/mol. The molecule has 1 saturated carbocycles. The van der Waals surface area contributed by atoms with Crippen molar-refractivity contribution in [2.75, 3.05) is 6.54 Å². The van der Waals surface area contributed by atoms with Gasteiger partial charge in [0.1, 0.15) is 0 Å². The summed E-state index contributed by atoms with van der Waals surface area (Å²) in [6.07, 6.45) is 0.955. The van der Waals surface area contributed by atoms with Crippen LogP contribution in [0.5, 0.6) is 0 Å². The molecule has 0 spiro atoms. The van der Waals surface area contributed by atoms with E-state index in [0.29, 0.717) is 5.92 Å². The highest BCUT2D eigenvalue weighted by Gasteiger charge is 2.37. The van der Waals surface area contributed by atoms with Crippen molar-refractivity contribution in [1.82, 2.24) is 4.72 Å². The standard InChI is InChI=1S/C7H16N2O2S/c1-5-3-7(5)9-12(10,11)6(2)4-8/h5-7,9H,3-4,8H2,1-2H3. The van der Waals surface area contributed by atoms with Gasteiger partial charge in [-0.1, -0.05) is 6.92 Å². The minimum Gasteiger partial charge on any atom is -0.329 e. The van der Waals surface area contributed by atoms with Crippen LogP contribution in [-0.4, -0.2) is 26.3 Å². The number of rotatable bonds is 4. The third kappa shape index (κ3) is 2.18. The van der Waals surface area contributed by atoms with Crippen LogP contribution in [0.1, 0.15) is 20.3 Å². The van der Waals surface area contributed by atoms with Gasteiger partial charge in [-0.3, -0.25) is 0 Å². The summed E-state index contributed by atoms with van der Waals surface area (Å²) in [7, 11) is -3.16. The molecule has 1 aliphatic carbocycles. The topological polar surface area (TPSA) is 72.2 Å². The van der Waals surface area contributed by atoms with Gasteiger partial charge in [-0.25, -0.2) is 13.1 Å². The Morgan fingerprint density at radius 3 is 2.50 bits per heavy atom. The second-order valence-corrected chi connectivity index (χ2v) is 5.66. The molecule has 5 heteroatoms. The predicted molar refractivity (Wildman–Crippen MR) is 48.1 cm³/mol. The van der Waals surface area contributed by atoms with Crippen molar-refractivity contribution in [2.45, 2.75) is 31.6 Å². The van der Waals surface area contributed by atoms with E-state index < -0.39 is 15.3 Å². The van der Waals surface area contributed by atoms with Crippen molar-refractivity contribution in [1.29, 1.82) is 0 Å². The fraction of sp³-hybridized carbons (Fsp3) is 1.00. The first-order chi connectivity index (χ1) is 5.47. The van der Waals surface area contributed by atoms with Gasteiger partial charge in [0, 0.05) is 12.6 Å². The first-order valence-electron chi connectivity index (χ1n) is 4.18. The van der Waals surface area contributed by atoms with Crippen molar-refractivity contribution in [3.63, 3.8) is 0 Å². The average Bonchev–Trinajstić information content (AvgIpc) is 2.63. The van der Waals surface area contributed by atoms with Gasteiger partial charge in [0.05, 0.1) is 5.25 Å². The maximum atomic E-state index is 11.4. The van der Waals surface area contributed by atoms with Gasteiger partial charge >= 0.3 is 0 Å². The van der Waals surface area contributed by atoms with Crippen LogP contribution in [-0.2, 0) is 10.0 Å². The Labute approximate surface area is 73.6 Å². The molecule has 0 amide bonds. The molecule has 3 N–H and O–H groups in total. The van der Waals surface area contributed by atoms with Gasteiger partial charge in [0.25, 0.3) is 0 Å². The van der Waals surface area contributed by atoms with Crippen molar-refractivity contribution in [3.05, 3.63) is 0 Å². The molecular formula is C7H16N2O2S. The lowest BCUT2D eigenvalue weighted by Crippen LogP contribution is -2.38. The third-order valence-electron chi connectivity index (χ3n) is 2.29. The average molecular weight is 192 g/mol. The van der Waals surface area contributed by atoms with E-state index >= 15 is 0 Å². The van der Waals surface area contributed by atoms with E-state index in [-0.39, 0.29) is 12.6 Å². The van der Waals surface area contributed by atoms with E-state index in [1.165, 1.54) is 0 Å². The molecule has 0 aromatic rings.